The Kier molecular flexibility index (Phi) is 9.64. The molecule has 0 unspecified atom stereocenters. The molecule has 0 spiro atoms. The molecule has 0 atom stereocenters. The molecule has 0 saturated carbocycles. The Labute approximate surface area is 241 Å². The lowest BCUT2D eigenvalue weighted by Gasteiger charge is -2.06. The first kappa shape index (κ1) is 27.7. The Morgan fingerprint density at radius 3 is 1.15 bits per heavy atom. The van der Waals surface area contributed by atoms with Crippen molar-refractivity contribution in [2.45, 2.75) is 65.2 Å². The van der Waals surface area contributed by atoms with E-state index >= 15 is 0 Å². The highest BCUT2D eigenvalue weighted by Gasteiger charge is 2.01. The van der Waals surface area contributed by atoms with Gasteiger partial charge in [0.25, 0.3) is 0 Å². The van der Waals surface area contributed by atoms with Crippen LogP contribution in [0.4, 0.5) is 0 Å². The van der Waals surface area contributed by atoms with Gasteiger partial charge in [-0.05, 0) is 105 Å². The highest BCUT2D eigenvalue weighted by molar-refractivity contribution is 6.00. The average Bonchev–Trinajstić information content (AvgIpc) is 2.99. The summed E-state index contributed by atoms with van der Waals surface area (Å²) in [7, 11) is 0. The van der Waals surface area contributed by atoms with Gasteiger partial charge in [-0.3, -0.25) is 0 Å². The first-order valence-electron chi connectivity index (χ1n) is 15.2. The third-order valence-electron chi connectivity index (χ3n) is 7.88. The lowest BCUT2D eigenvalue weighted by molar-refractivity contribution is 0.717. The summed E-state index contributed by atoms with van der Waals surface area (Å²) in [6.07, 6.45) is 19.0. The predicted molar refractivity (Wildman–Crippen MR) is 179 cm³/mol. The lowest BCUT2D eigenvalue weighted by Crippen LogP contribution is -1.85. The second-order valence-corrected chi connectivity index (χ2v) is 11.1. The zero-order chi connectivity index (χ0) is 27.6. The number of rotatable bonds is 12. The molecule has 202 valence electrons. The van der Waals surface area contributed by atoms with Crippen LogP contribution in [0.3, 0.4) is 0 Å². The SMILES string of the molecule is CCCCCc1ccc(C=Cc2ccc3cc4cc(C=Cc5ccc(CCCCC)cc5)ccc4cc3c2)cc1. The minimum absolute atomic E-state index is 1.18. The van der Waals surface area contributed by atoms with Crippen molar-refractivity contribution < 1.29 is 0 Å². The molecular weight excluding hydrogens is 480 g/mol. The van der Waals surface area contributed by atoms with Crippen molar-refractivity contribution in [3.63, 3.8) is 0 Å². The highest BCUT2D eigenvalue weighted by Crippen LogP contribution is 2.26. The monoisotopic (exact) mass is 522 g/mol. The topological polar surface area (TPSA) is 0 Å². The van der Waals surface area contributed by atoms with Crippen molar-refractivity contribution in [1.82, 2.24) is 0 Å². The molecule has 0 heteroatoms. The smallest absolute Gasteiger partial charge is 0.0172 e. The van der Waals surface area contributed by atoms with Crippen LogP contribution in [0.1, 0.15) is 85.8 Å². The predicted octanol–water partition coefficient (Wildman–Crippen LogP) is 11.8. The van der Waals surface area contributed by atoms with Crippen LogP contribution in [-0.2, 0) is 12.8 Å². The normalized spacial score (nSPS) is 11.8. The first-order valence-corrected chi connectivity index (χ1v) is 15.2. The summed E-state index contributed by atoms with van der Waals surface area (Å²) in [6.45, 7) is 4.52. The van der Waals surface area contributed by atoms with Crippen LogP contribution in [-0.4, -0.2) is 0 Å². The van der Waals surface area contributed by atoms with E-state index in [2.05, 4.69) is 135 Å². The molecule has 0 N–H and O–H groups in total. The molecular formula is C40H42. The van der Waals surface area contributed by atoms with E-state index in [1.807, 2.05) is 0 Å². The van der Waals surface area contributed by atoms with E-state index in [9.17, 15) is 0 Å². The van der Waals surface area contributed by atoms with Gasteiger partial charge in [0, 0.05) is 0 Å². The van der Waals surface area contributed by atoms with E-state index in [-0.39, 0.29) is 0 Å². The molecule has 0 saturated heterocycles. The first-order chi connectivity index (χ1) is 19.7. The van der Waals surface area contributed by atoms with E-state index in [0.29, 0.717) is 0 Å². The molecule has 0 radical (unpaired) electrons. The maximum atomic E-state index is 2.32. The molecule has 40 heavy (non-hydrogen) atoms. The van der Waals surface area contributed by atoms with E-state index in [1.165, 1.54) is 106 Å². The fraction of sp³-hybridized carbons (Fsp3) is 0.250. The van der Waals surface area contributed by atoms with E-state index < -0.39 is 0 Å². The maximum absolute atomic E-state index is 2.32. The molecule has 0 aliphatic rings. The summed E-state index contributed by atoms with van der Waals surface area (Å²) in [5, 5.41) is 5.12. The van der Waals surface area contributed by atoms with Gasteiger partial charge in [0.2, 0.25) is 0 Å². The van der Waals surface area contributed by atoms with Gasteiger partial charge in [0.1, 0.15) is 0 Å². The summed E-state index contributed by atoms with van der Waals surface area (Å²) in [5.74, 6) is 0. The number of fused-ring (bicyclic) bond motifs is 2. The summed E-state index contributed by atoms with van der Waals surface area (Å²) in [6, 6.07) is 36.2. The quantitative estimate of drug-likeness (QED) is 0.0868. The summed E-state index contributed by atoms with van der Waals surface area (Å²) < 4.78 is 0. The second-order valence-electron chi connectivity index (χ2n) is 11.1. The van der Waals surface area contributed by atoms with E-state index in [0.717, 1.165) is 0 Å². The van der Waals surface area contributed by atoms with Gasteiger partial charge in [0.05, 0.1) is 0 Å². The fourth-order valence-electron chi connectivity index (χ4n) is 5.38. The Balaban J connectivity index is 1.26. The van der Waals surface area contributed by atoms with Crippen LogP contribution in [0.25, 0.3) is 45.8 Å². The van der Waals surface area contributed by atoms with Crippen LogP contribution in [0.2, 0.25) is 0 Å². The summed E-state index contributed by atoms with van der Waals surface area (Å²) in [4.78, 5) is 0. The second kappa shape index (κ2) is 13.9. The lowest BCUT2D eigenvalue weighted by atomic mass is 9.99. The van der Waals surface area contributed by atoms with Crippen molar-refractivity contribution in [3.8, 4) is 0 Å². The summed E-state index contributed by atoms with van der Waals surface area (Å²) >= 11 is 0. The Morgan fingerprint density at radius 1 is 0.375 bits per heavy atom. The Morgan fingerprint density at radius 2 is 0.750 bits per heavy atom. The van der Waals surface area contributed by atoms with E-state index in [1.54, 1.807) is 0 Å². The van der Waals surface area contributed by atoms with Crippen LogP contribution in [0.5, 0.6) is 0 Å². The van der Waals surface area contributed by atoms with Crippen molar-refractivity contribution in [2.75, 3.05) is 0 Å². The Hall–Kier alpha value is -3.90. The van der Waals surface area contributed by atoms with Gasteiger partial charge in [-0.15, -0.1) is 0 Å². The number of benzene rings is 5. The van der Waals surface area contributed by atoms with Crippen LogP contribution < -0.4 is 0 Å². The number of hydrogen-bond acceptors (Lipinski definition) is 0. The molecule has 0 aromatic heterocycles. The minimum atomic E-state index is 1.18. The maximum Gasteiger partial charge on any atom is -0.0172 e. The van der Waals surface area contributed by atoms with Gasteiger partial charge in [0.15, 0.2) is 0 Å². The zero-order valence-corrected chi connectivity index (χ0v) is 24.2. The molecule has 5 aromatic carbocycles. The summed E-state index contributed by atoms with van der Waals surface area (Å²) in [5.41, 5.74) is 7.84. The molecule has 0 fully saturated rings. The van der Waals surface area contributed by atoms with Crippen molar-refractivity contribution in [1.29, 1.82) is 0 Å². The largest absolute Gasteiger partial charge is 0.0654 e. The van der Waals surface area contributed by atoms with Gasteiger partial charge in [-0.2, -0.15) is 0 Å². The van der Waals surface area contributed by atoms with Crippen molar-refractivity contribution in [2.24, 2.45) is 0 Å². The molecule has 0 aliphatic heterocycles. The fourth-order valence-corrected chi connectivity index (χ4v) is 5.38. The van der Waals surface area contributed by atoms with Crippen LogP contribution in [0, 0.1) is 0 Å². The van der Waals surface area contributed by atoms with Gasteiger partial charge in [-0.1, -0.05) is 137 Å². The van der Waals surface area contributed by atoms with Crippen LogP contribution in [0.15, 0.2) is 97.1 Å². The third kappa shape index (κ3) is 7.60. The molecule has 5 aromatic rings. The van der Waals surface area contributed by atoms with Crippen molar-refractivity contribution in [3.05, 3.63) is 130 Å². The molecule has 0 nitrogen and oxygen atoms in total. The number of hydrogen-bond donors (Lipinski definition) is 0. The molecule has 5 rings (SSSR count). The molecule has 0 amide bonds. The minimum Gasteiger partial charge on any atom is -0.0654 e. The van der Waals surface area contributed by atoms with Crippen molar-refractivity contribution >= 4 is 45.8 Å². The van der Waals surface area contributed by atoms with Gasteiger partial charge >= 0.3 is 0 Å². The molecule has 0 heterocycles. The zero-order valence-electron chi connectivity index (χ0n) is 24.2. The van der Waals surface area contributed by atoms with E-state index in [4.69, 9.17) is 0 Å². The third-order valence-corrected chi connectivity index (χ3v) is 7.88. The average molecular weight is 523 g/mol. The Bertz CT molecular complexity index is 1460. The number of unbranched alkanes of at least 4 members (excludes halogenated alkanes) is 4. The molecule has 0 bridgehead atoms. The number of aryl methyl sites for hydroxylation is 2. The molecule has 0 aliphatic carbocycles. The highest BCUT2D eigenvalue weighted by atomic mass is 14.1. The van der Waals surface area contributed by atoms with Gasteiger partial charge in [-0.25, -0.2) is 0 Å². The standard InChI is InChI=1S/C40H42/c1-3-5-7-9-31-11-15-33(16-12-31)19-21-35-23-25-37-30-40-28-36(24-26-38(40)29-39(37)27-35)22-20-34-17-13-32(14-18-34)10-8-6-4-2/h11-30H,3-10H2,1-2H3. The van der Waals surface area contributed by atoms with Crippen LogP contribution >= 0.6 is 0 Å². The van der Waals surface area contributed by atoms with Gasteiger partial charge < -0.3 is 0 Å².